The monoisotopic (exact) mass is 453 g/mol. The van der Waals surface area contributed by atoms with Crippen molar-refractivity contribution in [2.24, 2.45) is 5.92 Å². The number of hydrogen-bond donors (Lipinski definition) is 3. The minimum atomic E-state index is -0.946. The summed E-state index contributed by atoms with van der Waals surface area (Å²) in [6, 6.07) is 9.21. The Morgan fingerprint density at radius 3 is 2.36 bits per heavy atom. The molecule has 3 aromatic rings. The van der Waals surface area contributed by atoms with Crippen molar-refractivity contribution in [1.82, 2.24) is 10.5 Å². The van der Waals surface area contributed by atoms with E-state index in [4.69, 9.17) is 14.0 Å². The molecule has 1 atom stereocenters. The van der Waals surface area contributed by atoms with Crippen LogP contribution in [0.4, 0.5) is 5.69 Å². The summed E-state index contributed by atoms with van der Waals surface area (Å²) in [4.78, 5) is 22.8. The van der Waals surface area contributed by atoms with E-state index in [1.54, 1.807) is 12.1 Å². The number of benzene rings is 1. The van der Waals surface area contributed by atoms with Crippen molar-refractivity contribution in [3.63, 3.8) is 0 Å². The Bertz CT molecular complexity index is 1090. The summed E-state index contributed by atoms with van der Waals surface area (Å²) in [5.41, 5.74) is 4.09. The number of anilines is 1. The molecule has 0 radical (unpaired) electrons. The van der Waals surface area contributed by atoms with Gasteiger partial charge < -0.3 is 24.7 Å². The second-order valence-corrected chi connectivity index (χ2v) is 8.62. The first-order valence-corrected chi connectivity index (χ1v) is 11.1. The maximum Gasteiger partial charge on any atom is 0.305 e. The van der Waals surface area contributed by atoms with Crippen LogP contribution in [0.3, 0.4) is 0 Å². The highest BCUT2D eigenvalue weighted by Gasteiger charge is 2.23. The molecule has 0 spiro atoms. The van der Waals surface area contributed by atoms with Crippen LogP contribution in [-0.2, 0) is 4.79 Å². The number of carboxylic acids is 1. The topological polar surface area (TPSA) is 118 Å². The fraction of sp³-hybridized carbons (Fsp3) is 0.400. The maximum atomic E-state index is 12.2. The van der Waals surface area contributed by atoms with Crippen molar-refractivity contribution < 1.29 is 23.6 Å². The van der Waals surface area contributed by atoms with Gasteiger partial charge in [-0.15, -0.1) is 0 Å². The van der Waals surface area contributed by atoms with Crippen LogP contribution in [-0.4, -0.2) is 28.7 Å². The Labute approximate surface area is 193 Å². The second-order valence-electron chi connectivity index (χ2n) is 8.62. The number of rotatable bonds is 10. The van der Waals surface area contributed by atoms with Crippen molar-refractivity contribution in [3.8, 4) is 11.3 Å². The number of furan rings is 1. The lowest BCUT2D eigenvalue weighted by Crippen LogP contribution is -2.25. The first-order chi connectivity index (χ1) is 15.7. The van der Waals surface area contributed by atoms with E-state index in [1.165, 1.54) is 0 Å². The SMILES string of the molecule is Cc1noc(C)c1-c1cc(C(CC(C)C)Nc2ccc(C(=O)NCCC(=O)O)cc2)c(C)o1. The van der Waals surface area contributed by atoms with Crippen LogP contribution >= 0.6 is 0 Å². The molecule has 0 fully saturated rings. The van der Waals surface area contributed by atoms with Crippen LogP contribution in [0.25, 0.3) is 11.3 Å². The van der Waals surface area contributed by atoms with Crippen LogP contribution in [0.2, 0.25) is 0 Å². The molecule has 0 aliphatic rings. The van der Waals surface area contributed by atoms with Crippen molar-refractivity contribution >= 4 is 17.6 Å². The van der Waals surface area contributed by atoms with Gasteiger partial charge in [0, 0.05) is 23.4 Å². The quantitative estimate of drug-likeness (QED) is 0.383. The van der Waals surface area contributed by atoms with Gasteiger partial charge in [0.2, 0.25) is 0 Å². The number of nitrogens with one attached hydrogen (secondary N) is 2. The van der Waals surface area contributed by atoms with E-state index in [0.717, 1.165) is 46.2 Å². The van der Waals surface area contributed by atoms with Crippen LogP contribution in [0.15, 0.2) is 39.3 Å². The van der Waals surface area contributed by atoms with Gasteiger partial charge in [-0.2, -0.15) is 0 Å². The van der Waals surface area contributed by atoms with Gasteiger partial charge in [-0.05, 0) is 63.4 Å². The summed E-state index contributed by atoms with van der Waals surface area (Å²) in [7, 11) is 0. The highest BCUT2D eigenvalue weighted by molar-refractivity contribution is 5.94. The van der Waals surface area contributed by atoms with Crippen LogP contribution in [0, 0.1) is 26.7 Å². The predicted molar refractivity (Wildman–Crippen MR) is 125 cm³/mol. The highest BCUT2D eigenvalue weighted by atomic mass is 16.5. The average molecular weight is 454 g/mol. The molecule has 0 bridgehead atoms. The molecular weight excluding hydrogens is 422 g/mol. The largest absolute Gasteiger partial charge is 0.481 e. The number of aryl methyl sites for hydroxylation is 3. The lowest BCUT2D eigenvalue weighted by atomic mass is 9.96. The zero-order chi connectivity index (χ0) is 24.1. The summed E-state index contributed by atoms with van der Waals surface area (Å²) < 4.78 is 11.4. The Balaban J connectivity index is 1.78. The van der Waals surface area contributed by atoms with E-state index in [0.29, 0.717) is 11.5 Å². The summed E-state index contributed by atoms with van der Waals surface area (Å²) in [5.74, 6) is 1.49. The number of aromatic nitrogens is 1. The number of nitrogens with zero attached hydrogens (tertiary/aromatic N) is 1. The molecule has 33 heavy (non-hydrogen) atoms. The molecular formula is C25H31N3O5. The third-order valence-corrected chi connectivity index (χ3v) is 5.43. The molecule has 3 N–H and O–H groups in total. The maximum absolute atomic E-state index is 12.2. The van der Waals surface area contributed by atoms with E-state index < -0.39 is 5.97 Å². The highest BCUT2D eigenvalue weighted by Crippen LogP contribution is 2.36. The lowest BCUT2D eigenvalue weighted by molar-refractivity contribution is -0.136. The smallest absolute Gasteiger partial charge is 0.305 e. The van der Waals surface area contributed by atoms with Crippen molar-refractivity contribution in [2.75, 3.05) is 11.9 Å². The molecule has 3 rings (SSSR count). The van der Waals surface area contributed by atoms with Gasteiger partial charge in [-0.1, -0.05) is 19.0 Å². The molecule has 0 saturated carbocycles. The third-order valence-electron chi connectivity index (χ3n) is 5.43. The third kappa shape index (κ3) is 6.03. The average Bonchev–Trinajstić information content (AvgIpc) is 3.28. The number of carbonyl (C=O) groups is 2. The number of carbonyl (C=O) groups excluding carboxylic acids is 1. The zero-order valence-corrected chi connectivity index (χ0v) is 19.7. The van der Waals surface area contributed by atoms with Crippen molar-refractivity contribution in [2.45, 2.75) is 53.5 Å². The number of hydrogen-bond acceptors (Lipinski definition) is 6. The number of carboxylic acid groups (broad SMARTS) is 1. The van der Waals surface area contributed by atoms with Gasteiger partial charge in [0.1, 0.15) is 17.3 Å². The second kappa shape index (κ2) is 10.4. The molecule has 8 heteroatoms. The molecule has 2 heterocycles. The molecule has 1 unspecified atom stereocenters. The van der Waals surface area contributed by atoms with Crippen LogP contribution < -0.4 is 10.6 Å². The minimum Gasteiger partial charge on any atom is -0.481 e. The van der Waals surface area contributed by atoms with Crippen molar-refractivity contribution in [1.29, 1.82) is 0 Å². The summed E-state index contributed by atoms with van der Waals surface area (Å²) in [5, 5.41) is 18.9. The fourth-order valence-corrected chi connectivity index (χ4v) is 3.84. The van der Waals surface area contributed by atoms with Gasteiger partial charge in [0.25, 0.3) is 5.91 Å². The van der Waals surface area contributed by atoms with Gasteiger partial charge in [0.05, 0.1) is 23.7 Å². The molecule has 0 saturated heterocycles. The Morgan fingerprint density at radius 1 is 1.09 bits per heavy atom. The molecule has 0 aliphatic carbocycles. The predicted octanol–water partition coefficient (Wildman–Crippen LogP) is 5.26. The zero-order valence-electron chi connectivity index (χ0n) is 19.7. The molecule has 1 amide bonds. The van der Waals surface area contributed by atoms with Gasteiger partial charge in [-0.3, -0.25) is 9.59 Å². The molecule has 2 aromatic heterocycles. The van der Waals surface area contributed by atoms with E-state index in [-0.39, 0.29) is 24.9 Å². The molecule has 0 aliphatic heterocycles. The van der Waals surface area contributed by atoms with Crippen molar-refractivity contribution in [3.05, 3.63) is 58.7 Å². The van der Waals surface area contributed by atoms with E-state index in [9.17, 15) is 9.59 Å². The lowest BCUT2D eigenvalue weighted by Gasteiger charge is -2.21. The fourth-order valence-electron chi connectivity index (χ4n) is 3.84. The number of aliphatic carboxylic acids is 1. The molecule has 1 aromatic carbocycles. The molecule has 176 valence electrons. The Hall–Kier alpha value is -3.55. The van der Waals surface area contributed by atoms with E-state index in [2.05, 4.69) is 29.6 Å². The van der Waals surface area contributed by atoms with Gasteiger partial charge >= 0.3 is 5.97 Å². The van der Waals surface area contributed by atoms with Crippen LogP contribution in [0.1, 0.15) is 65.9 Å². The van der Waals surface area contributed by atoms with E-state index >= 15 is 0 Å². The summed E-state index contributed by atoms with van der Waals surface area (Å²) in [6.07, 6.45) is 0.779. The standard InChI is InChI=1S/C25H31N3O5/c1-14(2)12-21(20-13-22(32-16(20)4)24-15(3)28-33-17(24)5)27-19-8-6-18(7-9-19)25(31)26-11-10-23(29)30/h6-9,13-14,21,27H,10-12H2,1-5H3,(H,26,31)(H,29,30). The van der Waals surface area contributed by atoms with Gasteiger partial charge in [-0.25, -0.2) is 0 Å². The Morgan fingerprint density at radius 2 is 1.79 bits per heavy atom. The molecule has 8 nitrogen and oxygen atoms in total. The normalized spacial score (nSPS) is 12.1. The first kappa shape index (κ1) is 24.1. The number of amides is 1. The summed E-state index contributed by atoms with van der Waals surface area (Å²) in [6.45, 7) is 10.2. The van der Waals surface area contributed by atoms with Crippen LogP contribution in [0.5, 0.6) is 0 Å². The van der Waals surface area contributed by atoms with E-state index in [1.807, 2.05) is 39.0 Å². The Kier molecular flexibility index (Phi) is 7.58. The van der Waals surface area contributed by atoms with Gasteiger partial charge in [0.15, 0.2) is 0 Å². The summed E-state index contributed by atoms with van der Waals surface area (Å²) >= 11 is 0. The first-order valence-electron chi connectivity index (χ1n) is 11.1. The minimum absolute atomic E-state index is 0.0122.